The van der Waals surface area contributed by atoms with Gasteiger partial charge in [-0.2, -0.15) is 0 Å². The largest absolute Gasteiger partial charge is 0.452 e. The maximum absolute atomic E-state index is 12.0. The molecule has 1 aliphatic rings. The Kier molecular flexibility index (Phi) is 4.44. The molecular formula is C13H19NO6. The second-order valence-electron chi connectivity index (χ2n) is 4.85. The molecule has 1 aromatic heterocycles. The normalized spacial score (nSPS) is 34.0. The molecule has 3 N–H and O–H groups in total. The maximum Gasteiger partial charge on any atom is 0.355 e. The highest BCUT2D eigenvalue weighted by Gasteiger charge is 2.45. The van der Waals surface area contributed by atoms with Gasteiger partial charge < -0.3 is 29.4 Å². The van der Waals surface area contributed by atoms with Crippen molar-refractivity contribution in [3.63, 3.8) is 0 Å². The van der Waals surface area contributed by atoms with E-state index in [2.05, 4.69) is 4.98 Å². The lowest BCUT2D eigenvalue weighted by Crippen LogP contribution is -2.58. The summed E-state index contributed by atoms with van der Waals surface area (Å²) in [5, 5.41) is 19.5. The zero-order valence-electron chi connectivity index (χ0n) is 11.6. The summed E-state index contributed by atoms with van der Waals surface area (Å²) in [4.78, 5) is 14.8. The van der Waals surface area contributed by atoms with Crippen molar-refractivity contribution >= 4 is 5.97 Å². The minimum absolute atomic E-state index is 0.276. The molecule has 1 aromatic rings. The molecule has 0 aliphatic carbocycles. The Balaban J connectivity index is 2.13. The van der Waals surface area contributed by atoms with Gasteiger partial charge in [-0.05, 0) is 26.0 Å². The molecule has 0 bridgehead atoms. The van der Waals surface area contributed by atoms with Gasteiger partial charge in [-0.1, -0.05) is 0 Å². The summed E-state index contributed by atoms with van der Waals surface area (Å²) < 4.78 is 15.6. The van der Waals surface area contributed by atoms with E-state index in [0.29, 0.717) is 0 Å². The number of carbonyl (C=O) groups is 1. The Bertz CT molecular complexity index is 473. The number of aromatic amines is 1. The molecule has 0 radical (unpaired) electrons. The van der Waals surface area contributed by atoms with Crippen LogP contribution in [0.3, 0.4) is 0 Å². The van der Waals surface area contributed by atoms with E-state index in [9.17, 15) is 15.0 Å². The molecular weight excluding hydrogens is 266 g/mol. The number of hydrogen-bond acceptors (Lipinski definition) is 6. The molecule has 2 heterocycles. The summed E-state index contributed by atoms with van der Waals surface area (Å²) in [5.41, 5.74) is 1.10. The molecule has 2 rings (SSSR count). The molecule has 0 spiro atoms. The Labute approximate surface area is 116 Å². The van der Waals surface area contributed by atoms with Crippen molar-refractivity contribution < 1.29 is 29.2 Å². The van der Waals surface area contributed by atoms with Gasteiger partial charge in [0.25, 0.3) is 0 Å². The van der Waals surface area contributed by atoms with Crippen molar-refractivity contribution in [3.05, 3.63) is 23.5 Å². The molecule has 0 saturated carbocycles. The van der Waals surface area contributed by atoms with Gasteiger partial charge in [-0.15, -0.1) is 0 Å². The minimum atomic E-state index is -1.42. The fraction of sp³-hybridized carbons (Fsp3) is 0.615. The number of rotatable bonds is 3. The molecule has 1 saturated heterocycles. The highest BCUT2D eigenvalue weighted by Crippen LogP contribution is 2.25. The Morgan fingerprint density at radius 3 is 2.60 bits per heavy atom. The molecule has 7 nitrogen and oxygen atoms in total. The van der Waals surface area contributed by atoms with Gasteiger partial charge in [-0.25, -0.2) is 4.79 Å². The van der Waals surface area contributed by atoms with Crippen LogP contribution in [0.5, 0.6) is 0 Å². The number of H-pyrrole nitrogens is 1. The Morgan fingerprint density at radius 2 is 2.05 bits per heavy atom. The molecule has 5 atom stereocenters. The molecule has 0 unspecified atom stereocenters. The lowest BCUT2D eigenvalue weighted by atomic mass is 9.99. The molecule has 20 heavy (non-hydrogen) atoms. The predicted octanol–water partition coefficient (Wildman–Crippen LogP) is -0.0385. The first-order valence-corrected chi connectivity index (χ1v) is 6.35. The summed E-state index contributed by atoms with van der Waals surface area (Å²) in [6.45, 7) is 3.48. The first-order chi connectivity index (χ1) is 9.43. The van der Waals surface area contributed by atoms with Crippen LogP contribution in [0.4, 0.5) is 0 Å². The highest BCUT2D eigenvalue weighted by atomic mass is 16.7. The van der Waals surface area contributed by atoms with Gasteiger partial charge in [0.2, 0.25) is 0 Å². The summed E-state index contributed by atoms with van der Waals surface area (Å²) >= 11 is 0. The molecule has 0 amide bonds. The summed E-state index contributed by atoms with van der Waals surface area (Å²) in [6, 6.07) is 3.33. The second kappa shape index (κ2) is 5.92. The molecule has 1 aliphatic heterocycles. The van der Waals surface area contributed by atoms with Crippen LogP contribution >= 0.6 is 0 Å². The van der Waals surface area contributed by atoms with E-state index >= 15 is 0 Å². The van der Waals surface area contributed by atoms with E-state index in [1.807, 2.05) is 6.92 Å². The average molecular weight is 285 g/mol. The fourth-order valence-electron chi connectivity index (χ4n) is 2.27. The quantitative estimate of drug-likeness (QED) is 0.674. The predicted molar refractivity (Wildman–Crippen MR) is 68.1 cm³/mol. The number of aromatic nitrogens is 1. The highest BCUT2D eigenvalue weighted by molar-refractivity contribution is 5.87. The van der Waals surface area contributed by atoms with Crippen molar-refractivity contribution in [2.45, 2.75) is 44.6 Å². The Morgan fingerprint density at radius 1 is 1.35 bits per heavy atom. The zero-order valence-corrected chi connectivity index (χ0v) is 11.6. The summed E-state index contributed by atoms with van der Waals surface area (Å²) in [6.07, 6.45) is -4.96. The van der Waals surface area contributed by atoms with E-state index in [1.54, 1.807) is 19.1 Å². The van der Waals surface area contributed by atoms with Crippen molar-refractivity contribution in [2.24, 2.45) is 0 Å². The monoisotopic (exact) mass is 285 g/mol. The van der Waals surface area contributed by atoms with E-state index in [1.165, 1.54) is 7.11 Å². The number of nitrogens with one attached hydrogen (secondary N) is 1. The first-order valence-electron chi connectivity index (χ1n) is 6.35. The third-order valence-electron chi connectivity index (χ3n) is 3.34. The van der Waals surface area contributed by atoms with Gasteiger partial charge in [0.1, 0.15) is 17.9 Å². The lowest BCUT2D eigenvalue weighted by molar-refractivity contribution is -0.281. The van der Waals surface area contributed by atoms with Crippen molar-refractivity contribution in [2.75, 3.05) is 7.11 Å². The van der Waals surface area contributed by atoms with E-state index in [-0.39, 0.29) is 5.69 Å². The molecule has 1 fully saturated rings. The summed E-state index contributed by atoms with van der Waals surface area (Å²) in [5.74, 6) is -0.620. The van der Waals surface area contributed by atoms with Crippen LogP contribution in [0.1, 0.15) is 23.1 Å². The second-order valence-corrected chi connectivity index (χ2v) is 4.85. The SMILES string of the molecule is CO[C@H]1[C@H](OC(=O)c2ccc(C)[nH]2)[C@H](O)[C@@H](O)O[C@@H]1C. The number of aliphatic hydroxyl groups excluding tert-OH is 2. The average Bonchev–Trinajstić information content (AvgIpc) is 2.82. The van der Waals surface area contributed by atoms with E-state index in [0.717, 1.165) is 5.69 Å². The van der Waals surface area contributed by atoms with Gasteiger partial charge in [0.15, 0.2) is 12.4 Å². The number of methoxy groups -OCH3 is 1. The number of ether oxygens (including phenoxy) is 3. The number of esters is 1. The van der Waals surface area contributed by atoms with Gasteiger partial charge >= 0.3 is 5.97 Å². The van der Waals surface area contributed by atoms with E-state index in [4.69, 9.17) is 14.2 Å². The molecule has 0 aromatic carbocycles. The van der Waals surface area contributed by atoms with Crippen LogP contribution in [-0.2, 0) is 14.2 Å². The van der Waals surface area contributed by atoms with E-state index < -0.39 is 36.7 Å². The first kappa shape index (κ1) is 15.0. The third kappa shape index (κ3) is 2.85. The van der Waals surface area contributed by atoms with Crippen molar-refractivity contribution in [1.29, 1.82) is 0 Å². The standard InChI is InChI=1S/C13H19NO6/c1-6-4-5-8(14-6)12(16)20-11-9(15)13(17)19-7(2)10(11)18-3/h4-5,7,9-11,13-15,17H,1-3H3/t7-,9+,10-,11-,13+/m1/s1. The third-order valence-corrected chi connectivity index (χ3v) is 3.34. The van der Waals surface area contributed by atoms with Crippen LogP contribution in [0, 0.1) is 6.92 Å². The number of aliphatic hydroxyl groups is 2. The molecule has 7 heteroatoms. The van der Waals surface area contributed by atoms with Gasteiger partial charge in [0, 0.05) is 12.8 Å². The lowest BCUT2D eigenvalue weighted by Gasteiger charge is -2.40. The minimum Gasteiger partial charge on any atom is -0.452 e. The molecule has 112 valence electrons. The van der Waals surface area contributed by atoms with Crippen molar-refractivity contribution in [3.8, 4) is 0 Å². The fourth-order valence-corrected chi connectivity index (χ4v) is 2.27. The Hall–Kier alpha value is -1.41. The van der Waals surface area contributed by atoms with Crippen LogP contribution in [0.15, 0.2) is 12.1 Å². The van der Waals surface area contributed by atoms with Crippen LogP contribution < -0.4 is 0 Å². The smallest absolute Gasteiger partial charge is 0.355 e. The van der Waals surface area contributed by atoms with Crippen LogP contribution in [-0.4, -0.2) is 59.0 Å². The van der Waals surface area contributed by atoms with Gasteiger partial charge in [-0.3, -0.25) is 0 Å². The maximum atomic E-state index is 12.0. The number of aryl methyl sites for hydroxylation is 1. The van der Waals surface area contributed by atoms with Crippen molar-refractivity contribution in [1.82, 2.24) is 4.98 Å². The number of hydrogen-bond donors (Lipinski definition) is 3. The van der Waals surface area contributed by atoms with Gasteiger partial charge in [0.05, 0.1) is 6.10 Å². The topological polar surface area (TPSA) is 101 Å². The zero-order chi connectivity index (χ0) is 14.9. The number of carbonyl (C=O) groups excluding carboxylic acids is 1. The van der Waals surface area contributed by atoms with Crippen LogP contribution in [0.25, 0.3) is 0 Å². The summed E-state index contributed by atoms with van der Waals surface area (Å²) in [7, 11) is 1.43. The van der Waals surface area contributed by atoms with Crippen LogP contribution in [0.2, 0.25) is 0 Å².